The number of ether oxygens (including phenoxy) is 2. The molecule has 5 rings (SSSR count). The molecular formula is C26H35ClF2N6O3. The second kappa shape index (κ2) is 10.2. The largest absolute Gasteiger partial charge is 0.461 e. The van der Waals surface area contributed by atoms with Gasteiger partial charge in [-0.3, -0.25) is 4.90 Å². The molecule has 5 heterocycles. The lowest BCUT2D eigenvalue weighted by atomic mass is 9.95. The van der Waals surface area contributed by atoms with Crippen molar-refractivity contribution in [2.45, 2.75) is 76.2 Å². The fraction of sp³-hybridized carbons (Fsp3) is 0.692. The number of pyridine rings is 1. The molecule has 3 fully saturated rings. The summed E-state index contributed by atoms with van der Waals surface area (Å²) in [5.74, 6) is -0.268. The van der Waals surface area contributed by atoms with Crippen molar-refractivity contribution in [1.82, 2.24) is 24.8 Å². The number of alkyl halides is 1. The van der Waals surface area contributed by atoms with E-state index >= 15 is 4.39 Å². The summed E-state index contributed by atoms with van der Waals surface area (Å²) < 4.78 is 40.9. The molecule has 0 N–H and O–H groups in total. The van der Waals surface area contributed by atoms with Crippen molar-refractivity contribution in [3.05, 3.63) is 17.2 Å². The zero-order valence-electron chi connectivity index (χ0n) is 22.3. The summed E-state index contributed by atoms with van der Waals surface area (Å²) in [7, 11) is 1.88. The number of halogens is 3. The van der Waals surface area contributed by atoms with Crippen LogP contribution in [0.3, 0.4) is 0 Å². The van der Waals surface area contributed by atoms with Crippen LogP contribution in [0.2, 0.25) is 5.15 Å². The summed E-state index contributed by atoms with van der Waals surface area (Å²) in [6.07, 6.45) is 3.85. The molecule has 0 spiro atoms. The molecule has 3 aliphatic rings. The summed E-state index contributed by atoms with van der Waals surface area (Å²) in [6, 6.07) is 0.0552. The number of anilines is 1. The summed E-state index contributed by atoms with van der Waals surface area (Å²) in [6.45, 7) is 8.07. The molecule has 0 bridgehead atoms. The number of carbonyl (C=O) groups excluding carboxylic acids is 1. The highest BCUT2D eigenvalue weighted by Crippen LogP contribution is 2.40. The van der Waals surface area contributed by atoms with Crippen molar-refractivity contribution >= 4 is 34.4 Å². The number of piperidine rings is 1. The Morgan fingerprint density at radius 3 is 2.71 bits per heavy atom. The predicted molar refractivity (Wildman–Crippen MR) is 140 cm³/mol. The van der Waals surface area contributed by atoms with Gasteiger partial charge in [0.05, 0.1) is 10.9 Å². The molecule has 2 aromatic rings. The maximum Gasteiger partial charge on any atom is 0.410 e. The number of amides is 1. The molecule has 0 aliphatic carbocycles. The maximum atomic E-state index is 15.1. The van der Waals surface area contributed by atoms with E-state index in [1.54, 1.807) is 4.90 Å². The molecule has 0 saturated carbocycles. The monoisotopic (exact) mass is 552 g/mol. The number of hydrogen-bond donors (Lipinski definition) is 0. The number of hydrogen-bond acceptors (Lipinski definition) is 8. The second-order valence-corrected chi connectivity index (χ2v) is 12.0. The van der Waals surface area contributed by atoms with Gasteiger partial charge in [0, 0.05) is 45.3 Å². The topological polar surface area (TPSA) is 83.9 Å². The first-order chi connectivity index (χ1) is 18.0. The Balaban J connectivity index is 1.37. The molecule has 0 radical (unpaired) electrons. The van der Waals surface area contributed by atoms with Crippen LogP contribution in [0.15, 0.2) is 6.20 Å². The highest BCUT2D eigenvalue weighted by molar-refractivity contribution is 6.30. The zero-order valence-corrected chi connectivity index (χ0v) is 23.1. The second-order valence-electron chi connectivity index (χ2n) is 11.6. The fourth-order valence-corrected chi connectivity index (χ4v) is 6.05. The summed E-state index contributed by atoms with van der Waals surface area (Å²) >= 11 is 5.98. The van der Waals surface area contributed by atoms with E-state index < -0.39 is 17.6 Å². The van der Waals surface area contributed by atoms with Crippen molar-refractivity contribution in [1.29, 1.82) is 0 Å². The molecule has 9 nitrogen and oxygen atoms in total. The van der Waals surface area contributed by atoms with Gasteiger partial charge in [-0.25, -0.2) is 18.6 Å². The number of nitrogens with zero attached hydrogens (tertiary/aromatic N) is 6. The van der Waals surface area contributed by atoms with Gasteiger partial charge in [-0.05, 0) is 53.0 Å². The van der Waals surface area contributed by atoms with E-state index in [2.05, 4.69) is 19.9 Å². The molecule has 3 saturated heterocycles. The van der Waals surface area contributed by atoms with Gasteiger partial charge >= 0.3 is 12.1 Å². The summed E-state index contributed by atoms with van der Waals surface area (Å²) in [4.78, 5) is 31.3. The van der Waals surface area contributed by atoms with Crippen molar-refractivity contribution in [2.75, 3.05) is 44.7 Å². The van der Waals surface area contributed by atoms with Crippen LogP contribution in [0.4, 0.5) is 19.4 Å². The first kappa shape index (κ1) is 27.1. The highest BCUT2D eigenvalue weighted by Gasteiger charge is 2.49. The van der Waals surface area contributed by atoms with Gasteiger partial charge in [-0.15, -0.1) is 0 Å². The lowest BCUT2D eigenvalue weighted by Gasteiger charge is -2.38. The van der Waals surface area contributed by atoms with Crippen LogP contribution < -0.4 is 9.64 Å². The lowest BCUT2D eigenvalue weighted by molar-refractivity contribution is 0.0205. The number of carbonyl (C=O) groups is 1. The van der Waals surface area contributed by atoms with Crippen LogP contribution >= 0.6 is 11.6 Å². The van der Waals surface area contributed by atoms with Gasteiger partial charge in [0.2, 0.25) is 0 Å². The normalized spacial score (nSPS) is 24.6. The number of fused-ring (bicyclic) bond motifs is 2. The maximum absolute atomic E-state index is 15.1. The Morgan fingerprint density at radius 2 is 2.00 bits per heavy atom. The molecule has 2 atom stereocenters. The Hall–Kier alpha value is -2.53. The Morgan fingerprint density at radius 1 is 1.26 bits per heavy atom. The molecule has 38 heavy (non-hydrogen) atoms. The van der Waals surface area contributed by atoms with Crippen LogP contribution in [0, 0.1) is 5.82 Å². The highest BCUT2D eigenvalue weighted by atomic mass is 35.5. The van der Waals surface area contributed by atoms with Gasteiger partial charge in [-0.2, -0.15) is 9.97 Å². The molecule has 208 valence electrons. The lowest BCUT2D eigenvalue weighted by Crippen LogP contribution is -2.47. The van der Waals surface area contributed by atoms with Crippen LogP contribution in [0.5, 0.6) is 6.01 Å². The fourth-order valence-electron chi connectivity index (χ4n) is 5.92. The smallest absolute Gasteiger partial charge is 0.410 e. The van der Waals surface area contributed by atoms with E-state index in [4.69, 9.17) is 21.1 Å². The minimum Gasteiger partial charge on any atom is -0.461 e. The van der Waals surface area contributed by atoms with Crippen molar-refractivity contribution in [3.63, 3.8) is 0 Å². The molecule has 12 heteroatoms. The molecule has 0 aromatic carbocycles. The van der Waals surface area contributed by atoms with Gasteiger partial charge in [0.1, 0.15) is 29.7 Å². The van der Waals surface area contributed by atoms with Gasteiger partial charge in [0.25, 0.3) is 0 Å². The summed E-state index contributed by atoms with van der Waals surface area (Å²) in [5, 5.41) is 0.139. The van der Waals surface area contributed by atoms with E-state index in [0.717, 1.165) is 19.4 Å². The third-order valence-corrected chi connectivity index (χ3v) is 8.09. The first-order valence-electron chi connectivity index (χ1n) is 13.2. The number of rotatable bonds is 5. The van der Waals surface area contributed by atoms with E-state index in [1.165, 1.54) is 6.20 Å². The molecular weight excluding hydrogens is 518 g/mol. The Bertz CT molecular complexity index is 1210. The summed E-state index contributed by atoms with van der Waals surface area (Å²) in [5.41, 5.74) is -0.913. The Kier molecular flexibility index (Phi) is 7.28. The predicted octanol–water partition coefficient (Wildman–Crippen LogP) is 4.61. The minimum atomic E-state index is -0.882. The van der Waals surface area contributed by atoms with Gasteiger partial charge < -0.3 is 19.3 Å². The van der Waals surface area contributed by atoms with E-state index in [1.807, 2.05) is 32.7 Å². The van der Waals surface area contributed by atoms with Crippen molar-refractivity contribution in [3.8, 4) is 6.01 Å². The third kappa shape index (κ3) is 5.32. The average molecular weight is 553 g/mol. The van der Waals surface area contributed by atoms with E-state index in [0.29, 0.717) is 50.1 Å². The Labute approximate surface area is 226 Å². The van der Waals surface area contributed by atoms with Gasteiger partial charge in [0.15, 0.2) is 11.0 Å². The van der Waals surface area contributed by atoms with E-state index in [9.17, 15) is 9.18 Å². The van der Waals surface area contributed by atoms with Crippen LogP contribution in [-0.2, 0) is 4.74 Å². The van der Waals surface area contributed by atoms with Crippen LogP contribution in [-0.4, -0.2) is 94.0 Å². The number of aromatic nitrogens is 3. The van der Waals surface area contributed by atoms with Crippen LogP contribution in [0.25, 0.3) is 10.9 Å². The quantitative estimate of drug-likeness (QED) is 0.497. The molecule has 2 aromatic heterocycles. The SMILES string of the molecule is CN(c1nc(OC[C@@]23CCCN2C[C@H](F)C3)nc2c(F)c(Cl)ncc12)C1CCN(C(=O)OC(C)(C)C)CC1. The molecule has 0 unspecified atom stereocenters. The van der Waals surface area contributed by atoms with E-state index in [-0.39, 0.29) is 41.0 Å². The first-order valence-corrected chi connectivity index (χ1v) is 13.6. The third-order valence-electron chi connectivity index (χ3n) is 7.83. The van der Waals surface area contributed by atoms with Crippen molar-refractivity contribution in [2.24, 2.45) is 0 Å². The minimum absolute atomic E-state index is 0.0234. The zero-order chi connectivity index (χ0) is 27.2. The van der Waals surface area contributed by atoms with Crippen molar-refractivity contribution < 1.29 is 23.0 Å². The van der Waals surface area contributed by atoms with Gasteiger partial charge in [-0.1, -0.05) is 11.6 Å². The molecule has 3 aliphatic heterocycles. The standard InChI is InChI=1S/C26H35ClF2N6O3/c1-25(2,3)38-24(36)34-10-6-17(7-11-34)33(4)22-18-13-30-21(27)19(29)20(18)31-23(32-22)37-15-26-8-5-9-35(26)14-16(28)12-26/h13,16-17H,5-12,14-15H2,1-4H3/t16-,26+/m1/s1. The number of likely N-dealkylation sites (tertiary alicyclic amines) is 1. The van der Waals surface area contributed by atoms with Crippen LogP contribution in [0.1, 0.15) is 52.9 Å². The molecule has 1 amide bonds. The average Bonchev–Trinajstić information content (AvgIpc) is 3.39.